The van der Waals surface area contributed by atoms with Gasteiger partial charge in [0.05, 0.1) is 12.2 Å². The second kappa shape index (κ2) is 6.97. The fourth-order valence-electron chi connectivity index (χ4n) is 2.16. The molecule has 3 N–H and O–H groups in total. The molecule has 21 heavy (non-hydrogen) atoms. The number of hydrogen-bond donors (Lipinski definition) is 3. The molecule has 2 rings (SSSR count). The topological polar surface area (TPSA) is 105 Å². The zero-order valence-electron chi connectivity index (χ0n) is 11.5. The molecule has 1 aromatic rings. The minimum absolute atomic E-state index is 0.296. The molecule has 1 saturated heterocycles. The lowest BCUT2D eigenvalue weighted by Gasteiger charge is -2.40. The summed E-state index contributed by atoms with van der Waals surface area (Å²) in [6, 6.07) is 8.20. The van der Waals surface area contributed by atoms with Crippen molar-refractivity contribution in [3.8, 4) is 0 Å². The zero-order valence-corrected chi connectivity index (χ0v) is 11.5. The number of methoxy groups -OCH3 is 1. The van der Waals surface area contributed by atoms with Crippen LogP contribution in [0, 0.1) is 0 Å². The molecule has 0 amide bonds. The first-order valence-electron chi connectivity index (χ1n) is 6.49. The second-order valence-electron chi connectivity index (χ2n) is 4.68. The van der Waals surface area contributed by atoms with Crippen LogP contribution in [0.2, 0.25) is 0 Å². The Hall–Kier alpha value is -1.51. The molecule has 1 aromatic carbocycles. The van der Waals surface area contributed by atoms with Gasteiger partial charge in [0.1, 0.15) is 18.3 Å². The average molecular weight is 298 g/mol. The molecule has 1 heterocycles. The van der Waals surface area contributed by atoms with E-state index in [0.29, 0.717) is 5.56 Å². The van der Waals surface area contributed by atoms with Gasteiger partial charge in [0.25, 0.3) is 0 Å². The fourth-order valence-corrected chi connectivity index (χ4v) is 2.16. The maximum atomic E-state index is 12.0. The van der Waals surface area contributed by atoms with Crippen LogP contribution in [-0.2, 0) is 14.2 Å². The molecule has 7 nitrogen and oxygen atoms in total. The standard InChI is InChI=1S/C14H18O7/c1-19-14-11(17)10(16)12(9(7-15)20-14)21-13(18)8-5-3-2-4-6-8/h2-6,9-12,14-17H,7H2,1H3/t9-,10-,11-,12+,14+/m1/s1. The third kappa shape index (κ3) is 3.39. The number of carbonyl (C=O) groups excluding carboxylic acids is 1. The lowest BCUT2D eigenvalue weighted by atomic mass is 9.99. The van der Waals surface area contributed by atoms with Crippen LogP contribution in [-0.4, -0.2) is 65.7 Å². The minimum Gasteiger partial charge on any atom is -0.453 e. The van der Waals surface area contributed by atoms with E-state index in [1.54, 1.807) is 30.3 Å². The highest BCUT2D eigenvalue weighted by molar-refractivity contribution is 5.89. The van der Waals surface area contributed by atoms with Gasteiger partial charge in [-0.3, -0.25) is 0 Å². The van der Waals surface area contributed by atoms with Gasteiger partial charge in [0, 0.05) is 7.11 Å². The highest BCUT2D eigenvalue weighted by Crippen LogP contribution is 2.24. The van der Waals surface area contributed by atoms with Gasteiger partial charge in [-0.2, -0.15) is 0 Å². The van der Waals surface area contributed by atoms with Crippen molar-refractivity contribution in [2.45, 2.75) is 30.7 Å². The summed E-state index contributed by atoms with van der Waals surface area (Å²) >= 11 is 0. The van der Waals surface area contributed by atoms with E-state index < -0.39 is 43.3 Å². The van der Waals surface area contributed by atoms with Crippen molar-refractivity contribution in [1.29, 1.82) is 0 Å². The summed E-state index contributed by atoms with van der Waals surface area (Å²) < 4.78 is 15.3. The van der Waals surface area contributed by atoms with Crippen LogP contribution in [0.5, 0.6) is 0 Å². The molecule has 0 aromatic heterocycles. The fraction of sp³-hybridized carbons (Fsp3) is 0.500. The Morgan fingerprint density at radius 1 is 1.24 bits per heavy atom. The smallest absolute Gasteiger partial charge is 0.338 e. The molecular formula is C14H18O7. The molecule has 116 valence electrons. The Balaban J connectivity index is 2.11. The molecule has 0 aliphatic carbocycles. The Morgan fingerprint density at radius 3 is 2.48 bits per heavy atom. The van der Waals surface area contributed by atoms with Gasteiger partial charge in [-0.15, -0.1) is 0 Å². The lowest BCUT2D eigenvalue weighted by molar-refractivity contribution is -0.293. The summed E-state index contributed by atoms with van der Waals surface area (Å²) in [6.07, 6.45) is -6.08. The van der Waals surface area contributed by atoms with Crippen molar-refractivity contribution in [2.24, 2.45) is 0 Å². The third-order valence-electron chi connectivity index (χ3n) is 3.31. The van der Waals surface area contributed by atoms with Crippen LogP contribution < -0.4 is 0 Å². The highest BCUT2D eigenvalue weighted by Gasteiger charge is 2.46. The SMILES string of the molecule is CO[C@H]1O[C@H](CO)[C@H](OC(=O)c2ccccc2)[C@H](O)[C@H]1O. The largest absolute Gasteiger partial charge is 0.453 e. The molecular weight excluding hydrogens is 280 g/mol. The van der Waals surface area contributed by atoms with Crippen molar-refractivity contribution >= 4 is 5.97 Å². The minimum atomic E-state index is -1.42. The zero-order chi connectivity index (χ0) is 15.4. The van der Waals surface area contributed by atoms with E-state index >= 15 is 0 Å². The van der Waals surface area contributed by atoms with E-state index in [0.717, 1.165) is 0 Å². The Kier molecular flexibility index (Phi) is 5.27. The second-order valence-corrected chi connectivity index (χ2v) is 4.68. The van der Waals surface area contributed by atoms with Gasteiger partial charge in [-0.05, 0) is 12.1 Å². The van der Waals surface area contributed by atoms with E-state index in [1.807, 2.05) is 0 Å². The van der Waals surface area contributed by atoms with Gasteiger partial charge >= 0.3 is 5.97 Å². The number of hydrogen-bond acceptors (Lipinski definition) is 7. The van der Waals surface area contributed by atoms with Crippen molar-refractivity contribution in [3.63, 3.8) is 0 Å². The van der Waals surface area contributed by atoms with E-state index in [4.69, 9.17) is 14.2 Å². The Morgan fingerprint density at radius 2 is 1.90 bits per heavy atom. The van der Waals surface area contributed by atoms with Crippen LogP contribution in [0.4, 0.5) is 0 Å². The first kappa shape index (κ1) is 15.9. The van der Waals surface area contributed by atoms with Crippen LogP contribution in [0.1, 0.15) is 10.4 Å². The molecule has 1 fully saturated rings. The number of carbonyl (C=O) groups is 1. The van der Waals surface area contributed by atoms with E-state index in [1.165, 1.54) is 7.11 Å². The van der Waals surface area contributed by atoms with E-state index in [-0.39, 0.29) is 0 Å². The average Bonchev–Trinajstić information content (AvgIpc) is 2.53. The molecule has 0 spiro atoms. The number of aliphatic hydroxyl groups is 3. The first-order valence-corrected chi connectivity index (χ1v) is 6.49. The summed E-state index contributed by atoms with van der Waals surface area (Å²) in [5, 5.41) is 29.2. The van der Waals surface area contributed by atoms with Gasteiger partial charge in [-0.1, -0.05) is 18.2 Å². The summed E-state index contributed by atoms with van der Waals surface area (Å²) in [4.78, 5) is 12.0. The summed E-state index contributed by atoms with van der Waals surface area (Å²) in [7, 11) is 1.30. The number of esters is 1. The number of rotatable bonds is 4. The van der Waals surface area contributed by atoms with Crippen LogP contribution in [0.15, 0.2) is 30.3 Å². The first-order chi connectivity index (χ1) is 10.1. The van der Waals surface area contributed by atoms with Gasteiger partial charge in [0.2, 0.25) is 0 Å². The third-order valence-corrected chi connectivity index (χ3v) is 3.31. The molecule has 5 atom stereocenters. The molecule has 0 bridgehead atoms. The summed E-state index contributed by atoms with van der Waals surface area (Å²) in [5.74, 6) is -0.676. The number of ether oxygens (including phenoxy) is 3. The number of aliphatic hydroxyl groups excluding tert-OH is 3. The van der Waals surface area contributed by atoms with Gasteiger partial charge in [0.15, 0.2) is 12.4 Å². The molecule has 0 unspecified atom stereocenters. The van der Waals surface area contributed by atoms with Crippen molar-refractivity contribution in [3.05, 3.63) is 35.9 Å². The van der Waals surface area contributed by atoms with Crippen LogP contribution >= 0.6 is 0 Å². The van der Waals surface area contributed by atoms with E-state index in [9.17, 15) is 20.1 Å². The van der Waals surface area contributed by atoms with Crippen molar-refractivity contribution < 1.29 is 34.3 Å². The predicted octanol–water partition coefficient (Wildman–Crippen LogP) is -0.703. The maximum absolute atomic E-state index is 12.0. The normalized spacial score (nSPS) is 32.7. The summed E-state index contributed by atoms with van der Waals surface area (Å²) in [6.45, 7) is -0.490. The lowest BCUT2D eigenvalue weighted by Crippen LogP contribution is -2.60. The Labute approximate surface area is 121 Å². The van der Waals surface area contributed by atoms with Crippen molar-refractivity contribution in [2.75, 3.05) is 13.7 Å². The monoisotopic (exact) mass is 298 g/mol. The van der Waals surface area contributed by atoms with E-state index in [2.05, 4.69) is 0 Å². The quantitative estimate of drug-likeness (QED) is 0.631. The van der Waals surface area contributed by atoms with Gasteiger partial charge < -0.3 is 29.5 Å². The molecule has 1 aliphatic heterocycles. The van der Waals surface area contributed by atoms with Gasteiger partial charge in [-0.25, -0.2) is 4.79 Å². The molecule has 0 saturated carbocycles. The highest BCUT2D eigenvalue weighted by atomic mass is 16.7. The van der Waals surface area contributed by atoms with Crippen LogP contribution in [0.3, 0.4) is 0 Å². The number of benzene rings is 1. The maximum Gasteiger partial charge on any atom is 0.338 e. The van der Waals surface area contributed by atoms with Crippen LogP contribution in [0.25, 0.3) is 0 Å². The Bertz CT molecular complexity index is 462. The molecule has 7 heteroatoms. The predicted molar refractivity (Wildman–Crippen MR) is 70.4 cm³/mol. The molecule has 1 aliphatic rings. The summed E-state index contributed by atoms with van der Waals surface area (Å²) in [5.41, 5.74) is 0.296. The van der Waals surface area contributed by atoms with Crippen molar-refractivity contribution in [1.82, 2.24) is 0 Å². The molecule has 0 radical (unpaired) electrons.